The van der Waals surface area contributed by atoms with Crippen LogP contribution >= 0.6 is 0 Å². The zero-order chi connectivity index (χ0) is 15.9. The first kappa shape index (κ1) is 15.8. The first-order valence-corrected chi connectivity index (χ1v) is 9.21. The summed E-state index contributed by atoms with van der Waals surface area (Å²) in [6.45, 7) is 10.8. The highest BCUT2D eigenvalue weighted by atomic mass is 16.5. The molecule has 4 heteroatoms. The molecule has 2 aliphatic carbocycles. The van der Waals surface area contributed by atoms with Crippen LogP contribution in [-0.4, -0.2) is 75.5 Å². The van der Waals surface area contributed by atoms with Gasteiger partial charge < -0.3 is 14.4 Å². The molecule has 0 aromatic heterocycles. The molecule has 0 aromatic rings. The normalized spacial score (nSPS) is 41.0. The van der Waals surface area contributed by atoms with Crippen LogP contribution in [0.25, 0.3) is 0 Å². The lowest BCUT2D eigenvalue weighted by molar-refractivity contribution is 0.0258. The van der Waals surface area contributed by atoms with E-state index in [0.29, 0.717) is 11.5 Å². The van der Waals surface area contributed by atoms with E-state index in [1.807, 2.05) is 7.11 Å². The van der Waals surface area contributed by atoms with Crippen molar-refractivity contribution >= 4 is 0 Å². The van der Waals surface area contributed by atoms with E-state index in [0.717, 1.165) is 51.2 Å². The number of morpholine rings is 1. The maximum absolute atomic E-state index is 5.51. The number of ether oxygens (including phenoxy) is 2. The number of nitrogens with zero attached hydrogens (tertiary/aromatic N) is 2. The lowest BCUT2D eigenvalue weighted by Crippen LogP contribution is -2.43. The Balaban J connectivity index is 1.46. The molecule has 0 bridgehead atoms. The summed E-state index contributed by atoms with van der Waals surface area (Å²) < 4.78 is 11.0. The van der Waals surface area contributed by atoms with Gasteiger partial charge in [-0.3, -0.25) is 4.90 Å². The quantitative estimate of drug-likeness (QED) is 0.771. The van der Waals surface area contributed by atoms with Crippen LogP contribution in [0.3, 0.4) is 0 Å². The van der Waals surface area contributed by atoms with E-state index in [2.05, 4.69) is 35.0 Å². The van der Waals surface area contributed by atoms with Crippen molar-refractivity contribution in [2.75, 3.05) is 59.7 Å². The molecule has 0 radical (unpaired) electrons. The SMILES string of the molecule is CCN1CC2C(COC)C2(C2=CCC(N3CCOCC3)C=C2)C1. The van der Waals surface area contributed by atoms with Gasteiger partial charge in [0, 0.05) is 44.7 Å². The fraction of sp³-hybridized carbons (Fsp3) is 0.789. The van der Waals surface area contributed by atoms with Crippen molar-refractivity contribution in [3.05, 3.63) is 23.8 Å². The smallest absolute Gasteiger partial charge is 0.0594 e. The van der Waals surface area contributed by atoms with Gasteiger partial charge in [-0.05, 0) is 30.4 Å². The molecule has 0 amide bonds. The minimum atomic E-state index is 0.387. The standard InChI is InChI=1S/C19H30N2O2/c1-3-20-12-17-18(13-22-2)19(17,14-20)15-4-6-16(7-5-15)21-8-10-23-11-9-21/h4-6,16-18H,3,7-14H2,1-2H3. The maximum atomic E-state index is 5.51. The monoisotopic (exact) mass is 318 g/mol. The van der Waals surface area contributed by atoms with Gasteiger partial charge in [-0.1, -0.05) is 25.2 Å². The van der Waals surface area contributed by atoms with Crippen LogP contribution in [-0.2, 0) is 9.47 Å². The Bertz CT molecular complexity index is 498. The Kier molecular flexibility index (Phi) is 4.35. The van der Waals surface area contributed by atoms with Gasteiger partial charge in [-0.2, -0.15) is 0 Å². The molecule has 0 N–H and O–H groups in total. The number of piperidine rings is 1. The van der Waals surface area contributed by atoms with Crippen molar-refractivity contribution in [2.45, 2.75) is 19.4 Å². The lowest BCUT2D eigenvalue weighted by atomic mass is 9.87. The van der Waals surface area contributed by atoms with Crippen molar-refractivity contribution < 1.29 is 9.47 Å². The summed E-state index contributed by atoms with van der Waals surface area (Å²) in [5, 5.41) is 0. The summed E-state index contributed by atoms with van der Waals surface area (Å²) in [7, 11) is 1.85. The molecule has 128 valence electrons. The molecule has 2 aliphatic heterocycles. The highest BCUT2D eigenvalue weighted by Crippen LogP contribution is 2.67. The molecular formula is C19H30N2O2. The average Bonchev–Trinajstić information content (AvgIpc) is 3.03. The second-order valence-electron chi connectivity index (χ2n) is 7.51. The minimum Gasteiger partial charge on any atom is -0.384 e. The predicted octanol–water partition coefficient (Wildman–Crippen LogP) is 1.79. The van der Waals surface area contributed by atoms with Crippen LogP contribution in [0.15, 0.2) is 23.8 Å². The zero-order valence-corrected chi connectivity index (χ0v) is 14.5. The summed E-state index contributed by atoms with van der Waals surface area (Å²) in [6.07, 6.45) is 8.57. The third-order valence-electron chi connectivity index (χ3n) is 6.56. The topological polar surface area (TPSA) is 24.9 Å². The van der Waals surface area contributed by atoms with Crippen molar-refractivity contribution in [1.82, 2.24) is 9.80 Å². The van der Waals surface area contributed by atoms with Crippen LogP contribution in [0, 0.1) is 17.3 Å². The molecule has 4 rings (SSSR count). The van der Waals surface area contributed by atoms with Gasteiger partial charge in [0.1, 0.15) is 0 Å². The van der Waals surface area contributed by atoms with Crippen molar-refractivity contribution in [2.24, 2.45) is 17.3 Å². The third kappa shape index (κ3) is 2.60. The molecular weight excluding hydrogens is 288 g/mol. The second kappa shape index (κ2) is 6.32. The van der Waals surface area contributed by atoms with E-state index in [1.165, 1.54) is 19.6 Å². The molecule has 4 unspecified atom stereocenters. The van der Waals surface area contributed by atoms with Crippen molar-refractivity contribution in [1.29, 1.82) is 0 Å². The third-order valence-corrected chi connectivity index (χ3v) is 6.56. The molecule has 0 aromatic carbocycles. The molecule has 4 aliphatic rings. The Hall–Kier alpha value is -0.680. The fourth-order valence-electron chi connectivity index (χ4n) is 5.18. The minimum absolute atomic E-state index is 0.387. The number of allylic oxidation sites excluding steroid dienone is 1. The van der Waals surface area contributed by atoms with E-state index in [-0.39, 0.29) is 0 Å². The van der Waals surface area contributed by atoms with E-state index >= 15 is 0 Å². The molecule has 1 saturated carbocycles. The molecule has 23 heavy (non-hydrogen) atoms. The first-order chi connectivity index (χ1) is 11.3. The molecule has 4 atom stereocenters. The van der Waals surface area contributed by atoms with E-state index in [1.54, 1.807) is 5.57 Å². The highest BCUT2D eigenvalue weighted by molar-refractivity contribution is 5.42. The van der Waals surface area contributed by atoms with E-state index < -0.39 is 0 Å². The number of fused-ring (bicyclic) bond motifs is 1. The van der Waals surface area contributed by atoms with Crippen LogP contribution in [0.2, 0.25) is 0 Å². The van der Waals surface area contributed by atoms with Crippen molar-refractivity contribution in [3.63, 3.8) is 0 Å². The Morgan fingerprint density at radius 1 is 1.35 bits per heavy atom. The summed E-state index contributed by atoms with van der Waals surface area (Å²) >= 11 is 0. The first-order valence-electron chi connectivity index (χ1n) is 9.21. The molecule has 3 fully saturated rings. The Labute approximate surface area is 140 Å². The largest absolute Gasteiger partial charge is 0.384 e. The Morgan fingerprint density at radius 2 is 2.17 bits per heavy atom. The molecule has 2 heterocycles. The highest BCUT2D eigenvalue weighted by Gasteiger charge is 2.69. The molecule has 4 nitrogen and oxygen atoms in total. The fourth-order valence-corrected chi connectivity index (χ4v) is 5.18. The predicted molar refractivity (Wildman–Crippen MR) is 91.4 cm³/mol. The van der Waals surface area contributed by atoms with Crippen LogP contribution in [0.1, 0.15) is 13.3 Å². The van der Waals surface area contributed by atoms with Crippen molar-refractivity contribution in [3.8, 4) is 0 Å². The number of hydrogen-bond acceptors (Lipinski definition) is 4. The zero-order valence-electron chi connectivity index (χ0n) is 14.5. The number of rotatable bonds is 5. The van der Waals surface area contributed by atoms with Gasteiger partial charge >= 0.3 is 0 Å². The summed E-state index contributed by atoms with van der Waals surface area (Å²) in [5.41, 5.74) is 1.98. The number of likely N-dealkylation sites (tertiary alicyclic amines) is 1. The summed E-state index contributed by atoms with van der Waals surface area (Å²) in [5.74, 6) is 1.53. The summed E-state index contributed by atoms with van der Waals surface area (Å²) in [6, 6.07) is 0.570. The van der Waals surface area contributed by atoms with Crippen LogP contribution in [0.5, 0.6) is 0 Å². The second-order valence-corrected chi connectivity index (χ2v) is 7.51. The number of methoxy groups -OCH3 is 1. The van der Waals surface area contributed by atoms with E-state index in [4.69, 9.17) is 9.47 Å². The van der Waals surface area contributed by atoms with Gasteiger partial charge in [-0.25, -0.2) is 0 Å². The Morgan fingerprint density at radius 3 is 2.83 bits per heavy atom. The lowest BCUT2D eigenvalue weighted by Gasteiger charge is -2.34. The van der Waals surface area contributed by atoms with Crippen LogP contribution < -0.4 is 0 Å². The van der Waals surface area contributed by atoms with Gasteiger partial charge in [0.05, 0.1) is 19.8 Å². The molecule has 2 saturated heterocycles. The number of hydrogen-bond donors (Lipinski definition) is 0. The van der Waals surface area contributed by atoms with E-state index in [9.17, 15) is 0 Å². The van der Waals surface area contributed by atoms with Gasteiger partial charge in [-0.15, -0.1) is 0 Å². The van der Waals surface area contributed by atoms with Gasteiger partial charge in [0.15, 0.2) is 0 Å². The average molecular weight is 318 g/mol. The van der Waals surface area contributed by atoms with Crippen LogP contribution in [0.4, 0.5) is 0 Å². The maximum Gasteiger partial charge on any atom is 0.0594 e. The van der Waals surface area contributed by atoms with Gasteiger partial charge in [0.2, 0.25) is 0 Å². The van der Waals surface area contributed by atoms with Gasteiger partial charge in [0.25, 0.3) is 0 Å². The molecule has 0 spiro atoms. The summed E-state index contributed by atoms with van der Waals surface area (Å²) in [4.78, 5) is 5.18.